The molecule has 0 spiro atoms. The Hall–Kier alpha value is -1.29. The highest BCUT2D eigenvalue weighted by atomic mass is 14.4. The van der Waals surface area contributed by atoms with Gasteiger partial charge < -0.3 is 0 Å². The van der Waals surface area contributed by atoms with Crippen molar-refractivity contribution >= 4 is 0 Å². The highest BCUT2D eigenvalue weighted by Crippen LogP contribution is 2.36. The summed E-state index contributed by atoms with van der Waals surface area (Å²) in [5.41, 5.74) is 2.77. The Morgan fingerprint density at radius 1 is 1.00 bits per heavy atom. The first-order valence-corrected chi connectivity index (χ1v) is 9.74. The van der Waals surface area contributed by atoms with Crippen molar-refractivity contribution in [1.82, 2.24) is 0 Å². The highest BCUT2D eigenvalue weighted by Gasteiger charge is 2.27. The highest BCUT2D eigenvalue weighted by molar-refractivity contribution is 5.24. The topological polar surface area (TPSA) is 23.8 Å². The van der Waals surface area contributed by atoms with E-state index in [-0.39, 0.29) is 5.92 Å². The number of hydrogen-bond donors (Lipinski definition) is 0. The predicted molar refractivity (Wildman–Crippen MR) is 98.2 cm³/mol. The van der Waals surface area contributed by atoms with Crippen LogP contribution in [-0.2, 0) is 12.8 Å². The number of unbranched alkanes of at least 4 members (excludes halogenated alkanes) is 1. The lowest BCUT2D eigenvalue weighted by Crippen LogP contribution is -2.22. The normalized spacial score (nSPS) is 22.5. The maximum Gasteiger partial charge on any atom is 0.0662 e. The molecule has 1 saturated carbocycles. The minimum atomic E-state index is 0.207. The lowest BCUT2D eigenvalue weighted by molar-refractivity contribution is 0.223. The van der Waals surface area contributed by atoms with E-state index in [1.807, 2.05) is 0 Å². The zero-order valence-corrected chi connectivity index (χ0v) is 15.1. The van der Waals surface area contributed by atoms with E-state index in [2.05, 4.69) is 44.2 Å². The summed E-state index contributed by atoms with van der Waals surface area (Å²) in [6, 6.07) is 11.6. The summed E-state index contributed by atoms with van der Waals surface area (Å²) in [5.74, 6) is 1.75. The largest absolute Gasteiger partial charge is 0.198 e. The van der Waals surface area contributed by atoms with Crippen LogP contribution in [0.3, 0.4) is 0 Å². The van der Waals surface area contributed by atoms with Gasteiger partial charge in [-0.1, -0.05) is 70.2 Å². The molecule has 1 aliphatic carbocycles. The molecule has 0 heterocycles. The van der Waals surface area contributed by atoms with Crippen molar-refractivity contribution in [2.24, 2.45) is 17.8 Å². The predicted octanol–water partition coefficient (Wildman–Crippen LogP) is 6.32. The smallest absolute Gasteiger partial charge is 0.0662 e. The molecule has 0 N–H and O–H groups in total. The minimum absolute atomic E-state index is 0.207. The average molecular weight is 312 g/mol. The fraction of sp³-hybridized carbons (Fsp3) is 0.682. The molecular weight excluding hydrogens is 278 g/mol. The van der Waals surface area contributed by atoms with Gasteiger partial charge in [-0.15, -0.1) is 0 Å². The SMILES string of the molecule is CCCCc1ccc(CC(C#N)C2CCC(CCC)CC2)cc1. The van der Waals surface area contributed by atoms with E-state index >= 15 is 0 Å². The molecule has 1 fully saturated rings. The van der Waals surface area contributed by atoms with Gasteiger partial charge in [-0.05, 0) is 55.1 Å². The lowest BCUT2D eigenvalue weighted by atomic mass is 9.73. The number of benzene rings is 1. The van der Waals surface area contributed by atoms with E-state index in [0.29, 0.717) is 5.92 Å². The number of nitriles is 1. The van der Waals surface area contributed by atoms with Gasteiger partial charge in [0.2, 0.25) is 0 Å². The standard InChI is InChI=1S/C22H33N/c1-3-5-7-19-8-10-20(11-9-19)16-22(17-23)21-14-12-18(6-4-2)13-15-21/h8-11,18,21-22H,3-7,12-16H2,1-2H3. The van der Waals surface area contributed by atoms with Crippen LogP contribution >= 0.6 is 0 Å². The fourth-order valence-electron chi connectivity index (χ4n) is 4.08. The number of rotatable bonds is 8. The van der Waals surface area contributed by atoms with Gasteiger partial charge in [-0.3, -0.25) is 0 Å². The quantitative estimate of drug-likeness (QED) is 0.551. The molecule has 2 rings (SSSR count). The Labute approximate surface area is 143 Å². The Morgan fingerprint density at radius 2 is 1.65 bits per heavy atom. The van der Waals surface area contributed by atoms with Gasteiger partial charge in [-0.25, -0.2) is 0 Å². The molecular formula is C22H33N. The molecule has 0 radical (unpaired) electrons. The van der Waals surface area contributed by atoms with Crippen LogP contribution in [0.1, 0.15) is 76.3 Å². The number of aryl methyl sites for hydroxylation is 1. The van der Waals surface area contributed by atoms with Crippen LogP contribution in [0.25, 0.3) is 0 Å². The first kappa shape index (κ1) is 18.1. The van der Waals surface area contributed by atoms with Crippen molar-refractivity contribution in [1.29, 1.82) is 5.26 Å². The molecule has 126 valence electrons. The van der Waals surface area contributed by atoms with Crippen molar-refractivity contribution in [3.05, 3.63) is 35.4 Å². The Kier molecular flexibility index (Phi) is 7.66. The molecule has 23 heavy (non-hydrogen) atoms. The van der Waals surface area contributed by atoms with Crippen LogP contribution < -0.4 is 0 Å². The third-order valence-electron chi connectivity index (χ3n) is 5.62. The van der Waals surface area contributed by atoms with Gasteiger partial charge in [0.25, 0.3) is 0 Å². The molecule has 1 heteroatoms. The molecule has 0 aliphatic heterocycles. The van der Waals surface area contributed by atoms with Crippen molar-refractivity contribution in [2.75, 3.05) is 0 Å². The van der Waals surface area contributed by atoms with Crippen LogP contribution in [0.15, 0.2) is 24.3 Å². The van der Waals surface area contributed by atoms with Gasteiger partial charge in [0.05, 0.1) is 12.0 Å². The molecule has 1 aromatic rings. The fourth-order valence-corrected chi connectivity index (χ4v) is 4.08. The van der Waals surface area contributed by atoms with Crippen LogP contribution in [-0.4, -0.2) is 0 Å². The van der Waals surface area contributed by atoms with Crippen LogP contribution in [0.2, 0.25) is 0 Å². The summed E-state index contributed by atoms with van der Waals surface area (Å²) in [6.45, 7) is 4.52. The molecule has 0 aromatic heterocycles. The molecule has 1 aromatic carbocycles. The Morgan fingerprint density at radius 3 is 2.22 bits per heavy atom. The summed E-state index contributed by atoms with van der Waals surface area (Å²) in [6.07, 6.45) is 12.5. The summed E-state index contributed by atoms with van der Waals surface area (Å²) < 4.78 is 0. The Bertz CT molecular complexity index is 474. The second-order valence-electron chi connectivity index (χ2n) is 7.43. The summed E-state index contributed by atoms with van der Waals surface area (Å²) in [4.78, 5) is 0. The maximum absolute atomic E-state index is 9.63. The van der Waals surface area contributed by atoms with Crippen LogP contribution in [0.5, 0.6) is 0 Å². The molecule has 1 aliphatic rings. The second kappa shape index (κ2) is 9.76. The zero-order valence-electron chi connectivity index (χ0n) is 15.1. The number of nitrogens with zero attached hydrogens (tertiary/aromatic N) is 1. The molecule has 0 saturated heterocycles. The lowest BCUT2D eigenvalue weighted by Gasteiger charge is -2.31. The van der Waals surface area contributed by atoms with Crippen molar-refractivity contribution in [3.8, 4) is 6.07 Å². The van der Waals surface area contributed by atoms with Crippen LogP contribution in [0.4, 0.5) is 0 Å². The van der Waals surface area contributed by atoms with Gasteiger partial charge in [-0.2, -0.15) is 5.26 Å². The van der Waals surface area contributed by atoms with Gasteiger partial charge in [0.1, 0.15) is 0 Å². The van der Waals surface area contributed by atoms with Gasteiger partial charge >= 0.3 is 0 Å². The first-order chi connectivity index (χ1) is 11.3. The van der Waals surface area contributed by atoms with Crippen molar-refractivity contribution in [2.45, 2.75) is 78.1 Å². The number of hydrogen-bond acceptors (Lipinski definition) is 1. The molecule has 0 amide bonds. The van der Waals surface area contributed by atoms with E-state index in [1.54, 1.807) is 0 Å². The van der Waals surface area contributed by atoms with E-state index in [1.165, 1.54) is 68.9 Å². The summed E-state index contributed by atoms with van der Waals surface area (Å²) in [7, 11) is 0. The summed E-state index contributed by atoms with van der Waals surface area (Å²) in [5, 5.41) is 9.63. The molecule has 1 unspecified atom stereocenters. The molecule has 0 bridgehead atoms. The molecule has 1 nitrogen and oxygen atoms in total. The van der Waals surface area contributed by atoms with E-state index < -0.39 is 0 Å². The second-order valence-corrected chi connectivity index (χ2v) is 7.43. The van der Waals surface area contributed by atoms with E-state index in [4.69, 9.17) is 0 Å². The minimum Gasteiger partial charge on any atom is -0.198 e. The van der Waals surface area contributed by atoms with Gasteiger partial charge in [0, 0.05) is 0 Å². The maximum atomic E-state index is 9.63. The summed E-state index contributed by atoms with van der Waals surface area (Å²) >= 11 is 0. The van der Waals surface area contributed by atoms with Gasteiger partial charge in [0.15, 0.2) is 0 Å². The zero-order chi connectivity index (χ0) is 16.5. The van der Waals surface area contributed by atoms with Crippen molar-refractivity contribution < 1.29 is 0 Å². The van der Waals surface area contributed by atoms with E-state index in [9.17, 15) is 5.26 Å². The molecule has 1 atom stereocenters. The Balaban J connectivity index is 1.86. The third kappa shape index (κ3) is 5.69. The average Bonchev–Trinajstić information content (AvgIpc) is 2.60. The monoisotopic (exact) mass is 311 g/mol. The van der Waals surface area contributed by atoms with E-state index in [0.717, 1.165) is 12.3 Å². The van der Waals surface area contributed by atoms with Crippen molar-refractivity contribution in [3.63, 3.8) is 0 Å². The first-order valence-electron chi connectivity index (χ1n) is 9.74. The third-order valence-corrected chi connectivity index (χ3v) is 5.62. The van der Waals surface area contributed by atoms with Crippen LogP contribution in [0, 0.1) is 29.1 Å².